The van der Waals surface area contributed by atoms with Gasteiger partial charge in [-0.3, -0.25) is 4.79 Å². The predicted octanol–water partition coefficient (Wildman–Crippen LogP) is 1.75. The molecule has 3 aromatic rings. The Hall–Kier alpha value is -2.10. The molecule has 2 heterocycles. The standard InChI is InChI=1S/C11H8N2O2/c1-7-6-10(14)13-9-5-3-2-4-8(9)12-11(13)15-7/h2-6H,1H3. The second-order valence-electron chi connectivity index (χ2n) is 3.41. The van der Waals surface area contributed by atoms with Crippen LogP contribution in [0.15, 0.2) is 39.5 Å². The van der Waals surface area contributed by atoms with Crippen molar-refractivity contribution in [3.05, 3.63) is 46.4 Å². The first-order valence-electron chi connectivity index (χ1n) is 4.64. The summed E-state index contributed by atoms with van der Waals surface area (Å²) in [7, 11) is 0. The van der Waals surface area contributed by atoms with Crippen molar-refractivity contribution in [3.8, 4) is 0 Å². The Labute approximate surface area is 84.8 Å². The van der Waals surface area contributed by atoms with Gasteiger partial charge >= 0.3 is 5.84 Å². The minimum Gasteiger partial charge on any atom is -0.430 e. The monoisotopic (exact) mass is 200 g/mol. The van der Waals surface area contributed by atoms with Crippen LogP contribution in [0, 0.1) is 6.92 Å². The topological polar surface area (TPSA) is 47.5 Å². The number of hydrogen-bond acceptors (Lipinski definition) is 3. The van der Waals surface area contributed by atoms with Gasteiger partial charge in [-0.25, -0.2) is 4.40 Å². The van der Waals surface area contributed by atoms with Crippen LogP contribution in [0.1, 0.15) is 5.76 Å². The summed E-state index contributed by atoms with van der Waals surface area (Å²) in [5.41, 5.74) is 1.44. The first-order chi connectivity index (χ1) is 7.25. The average Bonchev–Trinajstić information content (AvgIpc) is 2.54. The van der Waals surface area contributed by atoms with Gasteiger partial charge < -0.3 is 4.42 Å². The first kappa shape index (κ1) is 8.23. The van der Waals surface area contributed by atoms with Crippen molar-refractivity contribution in [2.24, 2.45) is 0 Å². The van der Waals surface area contributed by atoms with Gasteiger partial charge in [0.15, 0.2) is 0 Å². The van der Waals surface area contributed by atoms with Crippen molar-refractivity contribution in [1.82, 2.24) is 9.38 Å². The third-order valence-corrected chi connectivity index (χ3v) is 2.33. The Bertz CT molecular complexity index is 709. The summed E-state index contributed by atoms with van der Waals surface area (Å²) in [6.07, 6.45) is 0. The molecule has 4 nitrogen and oxygen atoms in total. The highest BCUT2D eigenvalue weighted by molar-refractivity contribution is 5.78. The smallest absolute Gasteiger partial charge is 0.309 e. The second kappa shape index (κ2) is 2.70. The Balaban J connectivity index is 2.67. The molecule has 0 atom stereocenters. The summed E-state index contributed by atoms with van der Waals surface area (Å²) >= 11 is 0. The minimum absolute atomic E-state index is 0.109. The normalized spacial score (nSPS) is 11.3. The zero-order chi connectivity index (χ0) is 10.4. The van der Waals surface area contributed by atoms with Gasteiger partial charge in [0.05, 0.1) is 11.0 Å². The van der Waals surface area contributed by atoms with E-state index in [0.717, 1.165) is 11.0 Å². The van der Waals surface area contributed by atoms with E-state index in [1.165, 1.54) is 10.5 Å². The number of fused-ring (bicyclic) bond motifs is 3. The van der Waals surface area contributed by atoms with Crippen molar-refractivity contribution >= 4 is 16.9 Å². The van der Waals surface area contributed by atoms with Crippen LogP contribution in [-0.2, 0) is 0 Å². The summed E-state index contributed by atoms with van der Waals surface area (Å²) in [4.78, 5) is 16.0. The van der Waals surface area contributed by atoms with Gasteiger partial charge in [-0.2, -0.15) is 4.98 Å². The molecule has 0 N–H and O–H groups in total. The molecule has 0 aliphatic rings. The van der Waals surface area contributed by atoms with Crippen molar-refractivity contribution in [1.29, 1.82) is 0 Å². The maximum Gasteiger partial charge on any atom is 0.309 e. The summed E-state index contributed by atoms with van der Waals surface area (Å²) in [6.45, 7) is 1.74. The minimum atomic E-state index is -0.109. The predicted molar refractivity (Wildman–Crippen MR) is 56.0 cm³/mol. The maximum absolute atomic E-state index is 11.7. The summed E-state index contributed by atoms with van der Waals surface area (Å²) in [5, 5.41) is 0. The molecule has 2 aromatic heterocycles. The van der Waals surface area contributed by atoms with E-state index < -0.39 is 0 Å². The SMILES string of the molecule is Cc1cc(=O)n2c(nc3ccccc32)o1. The second-order valence-corrected chi connectivity index (χ2v) is 3.41. The molecule has 4 heteroatoms. The summed E-state index contributed by atoms with van der Waals surface area (Å²) < 4.78 is 6.85. The summed E-state index contributed by atoms with van der Waals surface area (Å²) in [5.74, 6) is 0.920. The number of hydrogen-bond donors (Lipinski definition) is 0. The highest BCUT2D eigenvalue weighted by atomic mass is 16.4. The molecule has 15 heavy (non-hydrogen) atoms. The van der Waals surface area contributed by atoms with Gasteiger partial charge in [-0.1, -0.05) is 12.1 Å². The number of imidazole rings is 1. The van der Waals surface area contributed by atoms with E-state index in [4.69, 9.17) is 4.42 Å². The molecule has 0 spiro atoms. The van der Waals surface area contributed by atoms with Crippen molar-refractivity contribution in [2.45, 2.75) is 6.92 Å². The van der Waals surface area contributed by atoms with E-state index in [9.17, 15) is 4.79 Å². The number of rotatable bonds is 0. The number of para-hydroxylation sites is 2. The van der Waals surface area contributed by atoms with Gasteiger partial charge in [-0.05, 0) is 19.1 Å². The van der Waals surface area contributed by atoms with Gasteiger partial charge in [0, 0.05) is 6.07 Å². The molecule has 0 saturated heterocycles. The fourth-order valence-corrected chi connectivity index (χ4v) is 1.70. The van der Waals surface area contributed by atoms with Crippen molar-refractivity contribution in [2.75, 3.05) is 0 Å². The lowest BCUT2D eigenvalue weighted by Gasteiger charge is -1.93. The van der Waals surface area contributed by atoms with E-state index in [1.807, 2.05) is 24.3 Å². The van der Waals surface area contributed by atoms with Gasteiger partial charge in [0.1, 0.15) is 5.76 Å². The lowest BCUT2D eigenvalue weighted by Crippen LogP contribution is -2.10. The van der Waals surface area contributed by atoms with Crippen LogP contribution >= 0.6 is 0 Å². The molecule has 3 rings (SSSR count). The number of benzene rings is 1. The highest BCUT2D eigenvalue weighted by Crippen LogP contribution is 2.14. The van der Waals surface area contributed by atoms with Crippen LogP contribution in [0.4, 0.5) is 0 Å². The van der Waals surface area contributed by atoms with Crippen molar-refractivity contribution < 1.29 is 4.42 Å². The molecule has 74 valence electrons. The Morgan fingerprint density at radius 1 is 1.33 bits per heavy atom. The Morgan fingerprint density at radius 3 is 3.00 bits per heavy atom. The molecule has 0 saturated carbocycles. The van der Waals surface area contributed by atoms with E-state index in [0.29, 0.717) is 11.6 Å². The van der Waals surface area contributed by atoms with E-state index >= 15 is 0 Å². The lowest BCUT2D eigenvalue weighted by molar-refractivity contribution is 0.529. The zero-order valence-electron chi connectivity index (χ0n) is 8.10. The molecule has 0 amide bonds. The highest BCUT2D eigenvalue weighted by Gasteiger charge is 2.08. The fraction of sp³-hybridized carbons (Fsp3) is 0.0909. The number of aryl methyl sites for hydroxylation is 1. The van der Waals surface area contributed by atoms with E-state index in [-0.39, 0.29) is 5.56 Å². The van der Waals surface area contributed by atoms with Crippen LogP contribution in [0.5, 0.6) is 0 Å². The fourth-order valence-electron chi connectivity index (χ4n) is 1.70. The molecule has 1 aromatic carbocycles. The molecule has 0 aliphatic carbocycles. The molecule has 0 radical (unpaired) electrons. The van der Waals surface area contributed by atoms with Gasteiger partial charge in [0.25, 0.3) is 5.56 Å². The van der Waals surface area contributed by atoms with Crippen LogP contribution in [0.25, 0.3) is 16.9 Å². The molecule has 0 unspecified atom stereocenters. The van der Waals surface area contributed by atoms with Gasteiger partial charge in [-0.15, -0.1) is 0 Å². The van der Waals surface area contributed by atoms with Crippen LogP contribution < -0.4 is 5.56 Å². The van der Waals surface area contributed by atoms with Crippen LogP contribution in [-0.4, -0.2) is 9.38 Å². The number of nitrogens with zero attached hydrogens (tertiary/aromatic N) is 2. The third-order valence-electron chi connectivity index (χ3n) is 2.33. The van der Waals surface area contributed by atoms with Crippen LogP contribution in [0.3, 0.4) is 0 Å². The molecular formula is C11H8N2O2. The Morgan fingerprint density at radius 2 is 2.13 bits per heavy atom. The third kappa shape index (κ3) is 1.08. The van der Waals surface area contributed by atoms with Crippen molar-refractivity contribution in [3.63, 3.8) is 0 Å². The molecule has 0 fully saturated rings. The molecule has 0 bridgehead atoms. The molecule has 0 aliphatic heterocycles. The lowest BCUT2D eigenvalue weighted by atomic mass is 10.3. The largest absolute Gasteiger partial charge is 0.430 e. The quantitative estimate of drug-likeness (QED) is 0.555. The maximum atomic E-state index is 11.7. The average molecular weight is 200 g/mol. The zero-order valence-corrected chi connectivity index (χ0v) is 8.10. The van der Waals surface area contributed by atoms with E-state index in [1.54, 1.807) is 6.92 Å². The first-order valence-corrected chi connectivity index (χ1v) is 4.64. The Kier molecular flexibility index (Phi) is 1.48. The summed E-state index contributed by atoms with van der Waals surface area (Å²) in [6, 6.07) is 8.91. The molecular weight excluding hydrogens is 192 g/mol. The van der Waals surface area contributed by atoms with E-state index in [2.05, 4.69) is 4.98 Å². The van der Waals surface area contributed by atoms with Crippen LogP contribution in [0.2, 0.25) is 0 Å². The van der Waals surface area contributed by atoms with Gasteiger partial charge in [0.2, 0.25) is 0 Å². The number of aromatic nitrogens is 2.